The molecule has 2 nitrogen and oxygen atoms in total. The molecule has 94 valence electrons. The molecule has 0 saturated heterocycles. The Morgan fingerprint density at radius 2 is 2.12 bits per heavy atom. The van der Waals surface area contributed by atoms with Gasteiger partial charge in [0.15, 0.2) is 0 Å². The van der Waals surface area contributed by atoms with Gasteiger partial charge in [-0.3, -0.25) is 4.79 Å². The first-order valence-corrected chi connectivity index (χ1v) is 6.98. The van der Waals surface area contributed by atoms with Crippen LogP contribution in [0.15, 0.2) is 0 Å². The summed E-state index contributed by atoms with van der Waals surface area (Å²) >= 11 is 4.06. The molecule has 0 aliphatic heterocycles. The van der Waals surface area contributed by atoms with Crippen LogP contribution in [-0.4, -0.2) is 17.8 Å². The molecule has 0 amide bonds. The second-order valence-electron chi connectivity index (χ2n) is 5.33. The molecular weight excluding hydrogens is 220 g/mol. The number of ether oxygens (including phenoxy) is 1. The normalized spacial score (nSPS) is 30.4. The van der Waals surface area contributed by atoms with Crippen LogP contribution in [0.3, 0.4) is 0 Å². The summed E-state index contributed by atoms with van der Waals surface area (Å²) in [4.78, 5) is 11.5. The molecule has 0 radical (unpaired) electrons. The Hall–Kier alpha value is -0.180. The highest BCUT2D eigenvalue weighted by atomic mass is 32.1. The number of hydrogen-bond donors (Lipinski definition) is 1. The molecule has 1 fully saturated rings. The van der Waals surface area contributed by atoms with E-state index >= 15 is 0 Å². The van der Waals surface area contributed by atoms with Crippen molar-refractivity contribution in [1.82, 2.24) is 0 Å². The van der Waals surface area contributed by atoms with Crippen molar-refractivity contribution >= 4 is 18.6 Å². The van der Waals surface area contributed by atoms with Crippen molar-refractivity contribution in [2.45, 2.75) is 52.6 Å². The average molecular weight is 244 g/mol. The molecule has 0 N–H and O–H groups in total. The minimum Gasteiger partial charge on any atom is -0.462 e. The number of hydrogen-bond acceptors (Lipinski definition) is 3. The third-order valence-electron chi connectivity index (χ3n) is 3.56. The predicted octanol–water partition coefficient (Wildman–Crippen LogP) is 3.31. The molecular formula is C13H24O2S. The van der Waals surface area contributed by atoms with Crippen LogP contribution in [0.2, 0.25) is 0 Å². The van der Waals surface area contributed by atoms with Gasteiger partial charge in [0.2, 0.25) is 0 Å². The summed E-state index contributed by atoms with van der Waals surface area (Å²) in [6, 6.07) is 0. The van der Waals surface area contributed by atoms with Crippen molar-refractivity contribution in [3.05, 3.63) is 0 Å². The maximum atomic E-state index is 11.5. The standard InChI is InChI=1S/C13H24O2S/c1-9(2)11-5-4-10(3)8-12(11)15-13(14)6-7-16/h9-12,16H,4-8H2,1-3H3. The second kappa shape index (κ2) is 6.53. The van der Waals surface area contributed by atoms with Gasteiger partial charge in [0.25, 0.3) is 0 Å². The van der Waals surface area contributed by atoms with E-state index in [1.807, 2.05) is 0 Å². The largest absolute Gasteiger partial charge is 0.462 e. The van der Waals surface area contributed by atoms with Crippen LogP contribution in [-0.2, 0) is 9.53 Å². The zero-order valence-electron chi connectivity index (χ0n) is 10.6. The first-order valence-electron chi connectivity index (χ1n) is 6.35. The lowest BCUT2D eigenvalue weighted by Gasteiger charge is -2.36. The van der Waals surface area contributed by atoms with Crippen molar-refractivity contribution in [2.24, 2.45) is 17.8 Å². The summed E-state index contributed by atoms with van der Waals surface area (Å²) in [7, 11) is 0. The van der Waals surface area contributed by atoms with Crippen molar-refractivity contribution < 1.29 is 9.53 Å². The minimum absolute atomic E-state index is 0.0836. The van der Waals surface area contributed by atoms with Crippen LogP contribution < -0.4 is 0 Å². The third-order valence-corrected chi connectivity index (χ3v) is 3.78. The van der Waals surface area contributed by atoms with Gasteiger partial charge in [-0.1, -0.05) is 27.2 Å². The Kier molecular flexibility index (Phi) is 5.67. The number of thiol groups is 1. The number of carbonyl (C=O) groups is 1. The van der Waals surface area contributed by atoms with Crippen LogP contribution in [0, 0.1) is 17.8 Å². The van der Waals surface area contributed by atoms with Gasteiger partial charge < -0.3 is 4.74 Å². The molecule has 3 heteroatoms. The van der Waals surface area contributed by atoms with E-state index in [1.165, 1.54) is 12.8 Å². The Morgan fingerprint density at radius 3 is 2.69 bits per heavy atom. The monoisotopic (exact) mass is 244 g/mol. The summed E-state index contributed by atoms with van der Waals surface area (Å²) in [5.41, 5.74) is 0. The maximum Gasteiger partial charge on any atom is 0.306 e. The average Bonchev–Trinajstić information content (AvgIpc) is 2.17. The van der Waals surface area contributed by atoms with E-state index in [2.05, 4.69) is 33.4 Å². The summed E-state index contributed by atoms with van der Waals surface area (Å²) in [6.07, 6.45) is 4.05. The van der Waals surface area contributed by atoms with Gasteiger partial charge in [0, 0.05) is 5.75 Å². The third kappa shape index (κ3) is 4.00. The van der Waals surface area contributed by atoms with Crippen molar-refractivity contribution in [3.63, 3.8) is 0 Å². The molecule has 1 saturated carbocycles. The first kappa shape index (κ1) is 13.9. The zero-order valence-corrected chi connectivity index (χ0v) is 11.5. The lowest BCUT2D eigenvalue weighted by Crippen LogP contribution is -2.35. The lowest BCUT2D eigenvalue weighted by atomic mass is 9.75. The molecule has 3 atom stereocenters. The summed E-state index contributed by atoms with van der Waals surface area (Å²) in [5.74, 6) is 2.32. The molecule has 0 aromatic rings. The molecule has 0 aromatic heterocycles. The highest BCUT2D eigenvalue weighted by Gasteiger charge is 2.33. The van der Waals surface area contributed by atoms with Crippen LogP contribution in [0.1, 0.15) is 46.5 Å². The quantitative estimate of drug-likeness (QED) is 0.606. The topological polar surface area (TPSA) is 26.3 Å². The van der Waals surface area contributed by atoms with Crippen LogP contribution >= 0.6 is 12.6 Å². The fraction of sp³-hybridized carbons (Fsp3) is 0.923. The van der Waals surface area contributed by atoms with Crippen LogP contribution in [0.4, 0.5) is 0 Å². The first-order chi connectivity index (χ1) is 7.54. The fourth-order valence-electron chi connectivity index (χ4n) is 2.57. The molecule has 1 aliphatic carbocycles. The highest BCUT2D eigenvalue weighted by Crippen LogP contribution is 2.35. The number of carbonyl (C=O) groups excluding carboxylic acids is 1. The summed E-state index contributed by atoms with van der Waals surface area (Å²) in [5, 5.41) is 0. The molecule has 3 unspecified atom stereocenters. The minimum atomic E-state index is -0.0836. The maximum absolute atomic E-state index is 11.5. The van der Waals surface area contributed by atoms with E-state index in [0.717, 1.165) is 6.42 Å². The van der Waals surface area contributed by atoms with E-state index < -0.39 is 0 Å². The lowest BCUT2D eigenvalue weighted by molar-refractivity contribution is -0.155. The molecule has 1 rings (SSSR count). The van der Waals surface area contributed by atoms with Gasteiger partial charge in [-0.25, -0.2) is 0 Å². The smallest absolute Gasteiger partial charge is 0.306 e. The van der Waals surface area contributed by atoms with E-state index in [0.29, 0.717) is 29.9 Å². The number of rotatable bonds is 4. The van der Waals surface area contributed by atoms with Crippen LogP contribution in [0.5, 0.6) is 0 Å². The van der Waals surface area contributed by atoms with E-state index in [9.17, 15) is 4.79 Å². The van der Waals surface area contributed by atoms with Gasteiger partial charge in [0.05, 0.1) is 6.42 Å². The zero-order chi connectivity index (χ0) is 12.1. The molecule has 0 spiro atoms. The molecule has 0 bridgehead atoms. The van der Waals surface area contributed by atoms with Crippen LogP contribution in [0.25, 0.3) is 0 Å². The molecule has 0 aromatic carbocycles. The second-order valence-corrected chi connectivity index (χ2v) is 5.78. The van der Waals surface area contributed by atoms with E-state index in [-0.39, 0.29) is 12.1 Å². The Balaban J connectivity index is 2.54. The summed E-state index contributed by atoms with van der Waals surface area (Å²) < 4.78 is 5.59. The highest BCUT2D eigenvalue weighted by molar-refractivity contribution is 7.80. The van der Waals surface area contributed by atoms with Gasteiger partial charge in [-0.15, -0.1) is 0 Å². The fourth-order valence-corrected chi connectivity index (χ4v) is 2.75. The van der Waals surface area contributed by atoms with Gasteiger partial charge in [0.1, 0.15) is 6.10 Å². The van der Waals surface area contributed by atoms with Gasteiger partial charge >= 0.3 is 5.97 Å². The summed E-state index contributed by atoms with van der Waals surface area (Å²) in [6.45, 7) is 6.69. The van der Waals surface area contributed by atoms with Crippen molar-refractivity contribution in [3.8, 4) is 0 Å². The SMILES string of the molecule is CC1CCC(C(C)C)C(OC(=O)CCS)C1. The Bertz CT molecular complexity index is 228. The molecule has 0 heterocycles. The predicted molar refractivity (Wildman–Crippen MR) is 69.7 cm³/mol. The Morgan fingerprint density at radius 1 is 1.44 bits per heavy atom. The van der Waals surface area contributed by atoms with E-state index in [1.54, 1.807) is 0 Å². The number of esters is 1. The Labute approximate surface area is 105 Å². The van der Waals surface area contributed by atoms with Gasteiger partial charge in [-0.2, -0.15) is 12.6 Å². The van der Waals surface area contributed by atoms with Crippen molar-refractivity contribution in [1.29, 1.82) is 0 Å². The molecule has 16 heavy (non-hydrogen) atoms. The van der Waals surface area contributed by atoms with Gasteiger partial charge in [-0.05, 0) is 30.6 Å². The van der Waals surface area contributed by atoms with E-state index in [4.69, 9.17) is 4.74 Å². The molecule has 1 aliphatic rings. The van der Waals surface area contributed by atoms with Crippen molar-refractivity contribution in [2.75, 3.05) is 5.75 Å².